The molecule has 0 unspecified atom stereocenters. The van der Waals surface area contributed by atoms with Crippen LogP contribution in [0.2, 0.25) is 0 Å². The number of nitrogens with two attached hydrogens (primary N) is 1. The van der Waals surface area contributed by atoms with Gasteiger partial charge in [0.05, 0.1) is 6.04 Å². The van der Waals surface area contributed by atoms with Crippen molar-refractivity contribution in [3.8, 4) is 0 Å². The number of hydrogen-bond donors (Lipinski definition) is 2. The minimum absolute atomic E-state index is 0.134. The lowest BCUT2D eigenvalue weighted by Crippen LogP contribution is -2.34. The van der Waals surface area contributed by atoms with Crippen molar-refractivity contribution >= 4 is 11.9 Å². The van der Waals surface area contributed by atoms with Crippen molar-refractivity contribution in [2.75, 3.05) is 5.73 Å². The van der Waals surface area contributed by atoms with E-state index in [1.807, 2.05) is 11.6 Å². The van der Waals surface area contributed by atoms with Crippen LogP contribution in [0.25, 0.3) is 0 Å². The van der Waals surface area contributed by atoms with Crippen molar-refractivity contribution in [3.05, 3.63) is 29.1 Å². The van der Waals surface area contributed by atoms with E-state index in [4.69, 9.17) is 5.73 Å². The zero-order chi connectivity index (χ0) is 17.4. The van der Waals surface area contributed by atoms with Gasteiger partial charge in [0, 0.05) is 17.8 Å². The number of nitrogen functional groups attached to an aromatic ring is 1. The summed E-state index contributed by atoms with van der Waals surface area (Å²) in [6, 6.07) is -0.134. The van der Waals surface area contributed by atoms with Crippen LogP contribution in [0.15, 0.2) is 6.33 Å². The Morgan fingerprint density at radius 1 is 1.36 bits per heavy atom. The van der Waals surface area contributed by atoms with Gasteiger partial charge < -0.3 is 11.1 Å². The monoisotopic (exact) mass is 341 g/mol. The Morgan fingerprint density at radius 2 is 2.16 bits per heavy atom. The fraction of sp³-hybridized carbons (Fsp3) is 0.588. The molecule has 2 aromatic rings. The number of anilines is 1. The average molecular weight is 341 g/mol. The lowest BCUT2D eigenvalue weighted by Gasteiger charge is -2.21. The molecule has 8 heteroatoms. The van der Waals surface area contributed by atoms with E-state index in [9.17, 15) is 4.79 Å². The highest BCUT2D eigenvalue weighted by Crippen LogP contribution is 2.40. The van der Waals surface area contributed by atoms with E-state index in [1.165, 1.54) is 0 Å². The first-order chi connectivity index (χ1) is 12.2. The molecule has 1 fully saturated rings. The van der Waals surface area contributed by atoms with Crippen molar-refractivity contribution in [2.45, 2.75) is 58.0 Å². The number of nitrogens with zero attached hydrogens (tertiary/aromatic N) is 5. The lowest BCUT2D eigenvalue weighted by atomic mass is 9.94. The third-order valence-corrected chi connectivity index (χ3v) is 5.02. The largest absolute Gasteiger partial charge is 0.368 e. The van der Waals surface area contributed by atoms with Gasteiger partial charge in [-0.2, -0.15) is 5.10 Å². The minimum atomic E-state index is -0.185. The Morgan fingerprint density at radius 3 is 2.92 bits per heavy atom. The maximum atomic E-state index is 13.0. The molecule has 2 aliphatic rings. The molecule has 0 radical (unpaired) electrons. The Labute approximate surface area is 146 Å². The summed E-state index contributed by atoms with van der Waals surface area (Å²) >= 11 is 0. The van der Waals surface area contributed by atoms with Crippen LogP contribution >= 0.6 is 0 Å². The predicted octanol–water partition coefficient (Wildman–Crippen LogP) is 1.43. The van der Waals surface area contributed by atoms with E-state index < -0.39 is 0 Å². The first kappa shape index (κ1) is 16.0. The summed E-state index contributed by atoms with van der Waals surface area (Å²) in [4.78, 5) is 25.9. The van der Waals surface area contributed by atoms with Gasteiger partial charge in [0.1, 0.15) is 17.8 Å². The molecule has 2 heterocycles. The smallest absolute Gasteiger partial charge is 0.270 e. The normalized spacial score (nSPS) is 17.8. The molecule has 0 aliphatic heterocycles. The molecule has 3 N–H and O–H groups in total. The van der Waals surface area contributed by atoms with E-state index in [-0.39, 0.29) is 17.9 Å². The van der Waals surface area contributed by atoms with E-state index >= 15 is 0 Å². The predicted molar refractivity (Wildman–Crippen MR) is 91.7 cm³/mol. The Kier molecular flexibility index (Phi) is 4.10. The summed E-state index contributed by atoms with van der Waals surface area (Å²) in [5, 5.41) is 7.38. The summed E-state index contributed by atoms with van der Waals surface area (Å²) in [5.41, 5.74) is 8.13. The number of fused-ring (bicyclic) bond motifs is 1. The average Bonchev–Trinajstić information content (AvgIpc) is 3.35. The molecule has 25 heavy (non-hydrogen) atoms. The van der Waals surface area contributed by atoms with Gasteiger partial charge >= 0.3 is 0 Å². The molecule has 2 aliphatic carbocycles. The van der Waals surface area contributed by atoms with Crippen LogP contribution in [0.4, 0.5) is 5.95 Å². The summed E-state index contributed by atoms with van der Waals surface area (Å²) in [6.45, 7) is 2.75. The fourth-order valence-corrected chi connectivity index (χ4v) is 3.59. The highest BCUT2D eigenvalue weighted by molar-refractivity contribution is 5.94. The van der Waals surface area contributed by atoms with Crippen LogP contribution in [-0.4, -0.2) is 30.6 Å². The van der Waals surface area contributed by atoms with Crippen molar-refractivity contribution in [1.82, 2.24) is 30.0 Å². The van der Waals surface area contributed by atoms with Crippen LogP contribution in [0.1, 0.15) is 66.2 Å². The van der Waals surface area contributed by atoms with Crippen LogP contribution < -0.4 is 11.1 Å². The van der Waals surface area contributed by atoms with Crippen molar-refractivity contribution in [1.29, 1.82) is 0 Å². The molecule has 0 saturated heterocycles. The first-order valence-corrected chi connectivity index (χ1v) is 9.01. The molecule has 132 valence electrons. The number of aromatic nitrogens is 5. The second kappa shape index (κ2) is 6.42. The van der Waals surface area contributed by atoms with Gasteiger partial charge in [-0.15, -0.1) is 0 Å². The molecule has 1 atom stereocenters. The molecule has 4 rings (SSSR count). The molecule has 1 amide bonds. The number of nitrogens with one attached hydrogen (secondary N) is 1. The Balaban J connectivity index is 1.64. The molecule has 0 aromatic carbocycles. The zero-order valence-corrected chi connectivity index (χ0v) is 14.4. The van der Waals surface area contributed by atoms with Crippen LogP contribution in [0.5, 0.6) is 0 Å². The second-order valence-electron chi connectivity index (χ2n) is 6.79. The topological polar surface area (TPSA) is 112 Å². The van der Waals surface area contributed by atoms with Crippen molar-refractivity contribution in [2.24, 2.45) is 5.92 Å². The molecule has 0 spiro atoms. The van der Waals surface area contributed by atoms with Gasteiger partial charge in [-0.25, -0.2) is 19.6 Å². The van der Waals surface area contributed by atoms with Crippen molar-refractivity contribution < 1.29 is 4.79 Å². The molecular formula is C17H23N7O. The summed E-state index contributed by atoms with van der Waals surface area (Å²) in [5.74, 6) is 1.21. The first-order valence-electron chi connectivity index (χ1n) is 9.01. The number of hydrogen-bond acceptors (Lipinski definition) is 6. The molecule has 0 bridgehead atoms. The Bertz CT molecular complexity index is 796. The van der Waals surface area contributed by atoms with Gasteiger partial charge in [0.15, 0.2) is 0 Å². The standard InChI is InChI=1S/C17H23N7O/c1-2-24-15(19-9-20-24)13(10-7-8-10)22-16(25)14-11-5-3-4-6-12(11)21-17(18)23-14/h9-10,13H,2-8H2,1H3,(H,22,25)(H2,18,21,23)/t13-/m1/s1. The third kappa shape index (κ3) is 3.08. The second-order valence-corrected chi connectivity index (χ2v) is 6.79. The maximum Gasteiger partial charge on any atom is 0.270 e. The van der Waals surface area contributed by atoms with Crippen molar-refractivity contribution in [3.63, 3.8) is 0 Å². The Hall–Kier alpha value is -2.51. The van der Waals surface area contributed by atoms with Gasteiger partial charge in [-0.1, -0.05) is 0 Å². The molecule has 8 nitrogen and oxygen atoms in total. The highest BCUT2D eigenvalue weighted by atomic mass is 16.2. The van der Waals surface area contributed by atoms with Gasteiger partial charge in [-0.05, 0) is 51.4 Å². The van der Waals surface area contributed by atoms with Gasteiger partial charge in [-0.3, -0.25) is 4.79 Å². The number of carbonyl (C=O) groups excluding carboxylic acids is 1. The molecule has 1 saturated carbocycles. The molecular weight excluding hydrogens is 318 g/mol. The van der Waals surface area contributed by atoms with Gasteiger partial charge in [0.25, 0.3) is 5.91 Å². The third-order valence-electron chi connectivity index (χ3n) is 5.02. The quantitative estimate of drug-likeness (QED) is 0.851. The number of rotatable bonds is 5. The summed E-state index contributed by atoms with van der Waals surface area (Å²) < 4.78 is 1.84. The number of aryl methyl sites for hydroxylation is 2. The van der Waals surface area contributed by atoms with E-state index in [2.05, 4.69) is 25.4 Å². The number of carbonyl (C=O) groups is 1. The number of amides is 1. The van der Waals surface area contributed by atoms with E-state index in [0.717, 1.165) is 62.2 Å². The lowest BCUT2D eigenvalue weighted by molar-refractivity contribution is 0.0922. The van der Waals surface area contributed by atoms with E-state index in [1.54, 1.807) is 6.33 Å². The van der Waals surface area contributed by atoms with Crippen LogP contribution in [0.3, 0.4) is 0 Å². The molecule has 2 aromatic heterocycles. The van der Waals surface area contributed by atoms with Gasteiger partial charge in [0.2, 0.25) is 5.95 Å². The fourth-order valence-electron chi connectivity index (χ4n) is 3.59. The highest BCUT2D eigenvalue weighted by Gasteiger charge is 2.37. The summed E-state index contributed by atoms with van der Waals surface area (Å²) in [6.07, 6.45) is 7.55. The zero-order valence-electron chi connectivity index (χ0n) is 14.4. The minimum Gasteiger partial charge on any atom is -0.368 e. The summed E-state index contributed by atoms with van der Waals surface area (Å²) in [7, 11) is 0. The van der Waals surface area contributed by atoms with E-state index in [0.29, 0.717) is 11.6 Å². The van der Waals surface area contributed by atoms with Crippen LogP contribution in [-0.2, 0) is 19.4 Å². The van der Waals surface area contributed by atoms with Crippen LogP contribution in [0, 0.1) is 5.92 Å². The SMILES string of the molecule is CCn1ncnc1[C@H](NC(=O)c1nc(N)nc2c1CCCC2)C1CC1. The maximum absolute atomic E-state index is 13.0.